The topological polar surface area (TPSA) is 29.5 Å². The molecule has 0 saturated heterocycles. The summed E-state index contributed by atoms with van der Waals surface area (Å²) in [5.41, 5.74) is 0. The number of carbonyl (C=O) groups excluding carboxylic acids is 1. The summed E-state index contributed by atoms with van der Waals surface area (Å²) >= 11 is 0. The molecule has 0 saturated carbocycles. The van der Waals surface area contributed by atoms with Crippen LogP contribution in [-0.2, 0) is 9.53 Å². The van der Waals surface area contributed by atoms with Crippen molar-refractivity contribution in [1.29, 1.82) is 0 Å². The minimum absolute atomic E-state index is 0.326. The predicted octanol–water partition coefficient (Wildman–Crippen LogP) is 1.45. The summed E-state index contributed by atoms with van der Waals surface area (Å²) in [5, 5.41) is 0. The molecule has 0 aliphatic heterocycles. The van der Waals surface area contributed by atoms with Gasteiger partial charge in [0.1, 0.15) is 0 Å². The van der Waals surface area contributed by atoms with Crippen molar-refractivity contribution < 1.29 is 9.53 Å². The number of rotatable bonds is 7. The van der Waals surface area contributed by atoms with Crippen LogP contribution in [0.5, 0.6) is 0 Å². The Morgan fingerprint density at radius 2 is 2.08 bits per heavy atom. The SMILES string of the molecule is C=CC(=O)OCCCCCN(C)C. The van der Waals surface area contributed by atoms with Gasteiger partial charge in [0, 0.05) is 6.08 Å². The molecule has 0 spiro atoms. The summed E-state index contributed by atoms with van der Waals surface area (Å²) in [6.07, 6.45) is 4.38. The Morgan fingerprint density at radius 3 is 2.62 bits per heavy atom. The van der Waals surface area contributed by atoms with Gasteiger partial charge in [0.2, 0.25) is 0 Å². The van der Waals surface area contributed by atoms with Gasteiger partial charge in [-0.25, -0.2) is 4.79 Å². The Hall–Kier alpha value is -0.830. The highest BCUT2D eigenvalue weighted by molar-refractivity contribution is 5.81. The molecule has 0 fully saturated rings. The molecule has 0 N–H and O–H groups in total. The molecule has 0 rings (SSSR count). The Kier molecular flexibility index (Phi) is 7.30. The standard InChI is InChI=1S/C10H19NO2/c1-4-10(12)13-9-7-5-6-8-11(2)3/h4H,1,5-9H2,2-3H3. The van der Waals surface area contributed by atoms with Crippen LogP contribution in [0.25, 0.3) is 0 Å². The van der Waals surface area contributed by atoms with E-state index < -0.39 is 0 Å². The fourth-order valence-corrected chi connectivity index (χ4v) is 0.939. The van der Waals surface area contributed by atoms with Crippen LogP contribution in [0, 0.1) is 0 Å². The Morgan fingerprint density at radius 1 is 1.38 bits per heavy atom. The van der Waals surface area contributed by atoms with Gasteiger partial charge in [-0.2, -0.15) is 0 Å². The first-order valence-corrected chi connectivity index (χ1v) is 4.60. The van der Waals surface area contributed by atoms with Crippen molar-refractivity contribution in [2.75, 3.05) is 27.2 Å². The average molecular weight is 185 g/mol. The quantitative estimate of drug-likeness (QED) is 0.341. The molecule has 0 aliphatic rings. The first kappa shape index (κ1) is 12.2. The van der Waals surface area contributed by atoms with Crippen molar-refractivity contribution in [3.63, 3.8) is 0 Å². The second-order valence-corrected chi connectivity index (χ2v) is 3.24. The minimum Gasteiger partial charge on any atom is -0.463 e. The van der Waals surface area contributed by atoms with Crippen molar-refractivity contribution in [2.45, 2.75) is 19.3 Å². The van der Waals surface area contributed by atoms with Crippen molar-refractivity contribution in [3.05, 3.63) is 12.7 Å². The van der Waals surface area contributed by atoms with Crippen LogP contribution < -0.4 is 0 Å². The molecule has 0 aromatic carbocycles. The Labute approximate surface area is 80.4 Å². The number of carbonyl (C=O) groups is 1. The summed E-state index contributed by atoms with van der Waals surface area (Å²) in [6, 6.07) is 0. The van der Waals surface area contributed by atoms with Gasteiger partial charge >= 0.3 is 5.97 Å². The van der Waals surface area contributed by atoms with E-state index in [1.165, 1.54) is 6.08 Å². The highest BCUT2D eigenvalue weighted by Crippen LogP contribution is 1.97. The zero-order valence-electron chi connectivity index (χ0n) is 8.58. The van der Waals surface area contributed by atoms with Crippen LogP contribution >= 0.6 is 0 Å². The van der Waals surface area contributed by atoms with E-state index in [1.807, 2.05) is 0 Å². The molecule has 0 unspecified atom stereocenters. The molecule has 0 radical (unpaired) electrons. The maximum Gasteiger partial charge on any atom is 0.330 e. The fraction of sp³-hybridized carbons (Fsp3) is 0.700. The smallest absolute Gasteiger partial charge is 0.330 e. The van der Waals surface area contributed by atoms with Gasteiger partial charge in [-0.3, -0.25) is 0 Å². The van der Waals surface area contributed by atoms with Crippen molar-refractivity contribution in [2.24, 2.45) is 0 Å². The van der Waals surface area contributed by atoms with Gasteiger partial charge in [-0.15, -0.1) is 0 Å². The number of unbranched alkanes of at least 4 members (excludes halogenated alkanes) is 2. The van der Waals surface area contributed by atoms with E-state index in [9.17, 15) is 4.79 Å². The summed E-state index contributed by atoms with van der Waals surface area (Å²) in [5.74, 6) is -0.326. The molecule has 3 nitrogen and oxygen atoms in total. The fourth-order valence-electron chi connectivity index (χ4n) is 0.939. The first-order chi connectivity index (χ1) is 6.16. The largest absolute Gasteiger partial charge is 0.463 e. The molecule has 0 aliphatic carbocycles. The minimum atomic E-state index is -0.326. The van der Waals surface area contributed by atoms with Crippen LogP contribution in [0.2, 0.25) is 0 Å². The van der Waals surface area contributed by atoms with Crippen LogP contribution in [0.15, 0.2) is 12.7 Å². The van der Waals surface area contributed by atoms with Gasteiger partial charge in [-0.05, 0) is 39.9 Å². The number of nitrogens with zero attached hydrogens (tertiary/aromatic N) is 1. The van der Waals surface area contributed by atoms with E-state index in [2.05, 4.69) is 25.6 Å². The van der Waals surface area contributed by atoms with Crippen molar-refractivity contribution >= 4 is 5.97 Å². The van der Waals surface area contributed by atoms with E-state index in [-0.39, 0.29) is 5.97 Å². The molecule has 3 heteroatoms. The van der Waals surface area contributed by atoms with Crippen molar-refractivity contribution in [1.82, 2.24) is 4.90 Å². The zero-order chi connectivity index (χ0) is 10.1. The van der Waals surface area contributed by atoms with E-state index in [4.69, 9.17) is 4.74 Å². The maximum atomic E-state index is 10.6. The van der Waals surface area contributed by atoms with Gasteiger partial charge in [0.25, 0.3) is 0 Å². The second-order valence-electron chi connectivity index (χ2n) is 3.24. The molecular weight excluding hydrogens is 166 g/mol. The lowest BCUT2D eigenvalue weighted by Crippen LogP contribution is -2.13. The lowest BCUT2D eigenvalue weighted by molar-refractivity contribution is -0.137. The van der Waals surface area contributed by atoms with E-state index >= 15 is 0 Å². The first-order valence-electron chi connectivity index (χ1n) is 4.60. The molecule has 0 amide bonds. The van der Waals surface area contributed by atoms with Crippen LogP contribution in [-0.4, -0.2) is 38.1 Å². The summed E-state index contributed by atoms with van der Waals surface area (Å²) < 4.78 is 4.83. The molecule has 0 aromatic heterocycles. The number of hydrogen-bond acceptors (Lipinski definition) is 3. The monoisotopic (exact) mass is 185 g/mol. The number of ether oxygens (including phenoxy) is 1. The lowest BCUT2D eigenvalue weighted by Gasteiger charge is -2.08. The normalized spacial score (nSPS) is 10.1. The van der Waals surface area contributed by atoms with Gasteiger partial charge in [0.05, 0.1) is 6.61 Å². The molecular formula is C10H19NO2. The van der Waals surface area contributed by atoms with E-state index in [0.29, 0.717) is 6.61 Å². The summed E-state index contributed by atoms with van der Waals surface area (Å²) in [6.45, 7) is 4.92. The van der Waals surface area contributed by atoms with Crippen LogP contribution in [0.4, 0.5) is 0 Å². The van der Waals surface area contributed by atoms with Gasteiger partial charge in [-0.1, -0.05) is 6.58 Å². The molecule has 0 atom stereocenters. The summed E-state index contributed by atoms with van der Waals surface area (Å²) in [7, 11) is 4.11. The molecule has 76 valence electrons. The highest BCUT2D eigenvalue weighted by Gasteiger charge is 1.95. The molecule has 0 aromatic rings. The van der Waals surface area contributed by atoms with E-state index in [0.717, 1.165) is 25.8 Å². The second kappa shape index (κ2) is 7.80. The third-order valence-electron chi connectivity index (χ3n) is 1.66. The van der Waals surface area contributed by atoms with E-state index in [1.54, 1.807) is 0 Å². The molecule has 13 heavy (non-hydrogen) atoms. The van der Waals surface area contributed by atoms with Crippen LogP contribution in [0.3, 0.4) is 0 Å². The van der Waals surface area contributed by atoms with Crippen LogP contribution in [0.1, 0.15) is 19.3 Å². The summed E-state index contributed by atoms with van der Waals surface area (Å²) in [4.78, 5) is 12.8. The third-order valence-corrected chi connectivity index (χ3v) is 1.66. The number of hydrogen-bond donors (Lipinski definition) is 0. The number of esters is 1. The van der Waals surface area contributed by atoms with Crippen molar-refractivity contribution in [3.8, 4) is 0 Å². The predicted molar refractivity (Wildman–Crippen MR) is 53.6 cm³/mol. The van der Waals surface area contributed by atoms with Gasteiger partial charge < -0.3 is 9.64 Å². The lowest BCUT2D eigenvalue weighted by atomic mass is 10.2. The molecule has 0 bridgehead atoms. The Balaban J connectivity index is 3.08. The zero-order valence-corrected chi connectivity index (χ0v) is 8.58. The Bertz CT molecular complexity index is 155. The van der Waals surface area contributed by atoms with Gasteiger partial charge in [0.15, 0.2) is 0 Å². The third kappa shape index (κ3) is 9.08. The average Bonchev–Trinajstić information content (AvgIpc) is 2.10. The highest BCUT2D eigenvalue weighted by atomic mass is 16.5. The molecule has 0 heterocycles. The maximum absolute atomic E-state index is 10.6.